The molecule has 1 aliphatic rings. The minimum Gasteiger partial charge on any atom is -0.497 e. The summed E-state index contributed by atoms with van der Waals surface area (Å²) in [7, 11) is 3.50. The first-order valence-corrected chi connectivity index (χ1v) is 8.59. The molecule has 0 unspecified atom stereocenters. The zero-order chi connectivity index (χ0) is 18.1. The van der Waals surface area contributed by atoms with Crippen LogP contribution in [0, 0.1) is 0 Å². The summed E-state index contributed by atoms with van der Waals surface area (Å²) in [6.07, 6.45) is 2.30. The maximum Gasteiger partial charge on any atom is 0.140 e. The molecule has 2 aromatic heterocycles. The van der Waals surface area contributed by atoms with E-state index in [-0.39, 0.29) is 6.61 Å². The van der Waals surface area contributed by atoms with Gasteiger partial charge in [-0.25, -0.2) is 9.37 Å². The number of fused-ring (bicyclic) bond motifs is 1. The van der Waals surface area contributed by atoms with Gasteiger partial charge in [-0.3, -0.25) is 9.58 Å². The van der Waals surface area contributed by atoms with Crippen LogP contribution >= 0.6 is 0 Å². The Balaban J connectivity index is 1.35. The van der Waals surface area contributed by atoms with E-state index in [4.69, 9.17) is 9.47 Å². The molecule has 1 aromatic carbocycles. The molecule has 26 heavy (non-hydrogen) atoms. The highest BCUT2D eigenvalue weighted by molar-refractivity contribution is 5.76. The van der Waals surface area contributed by atoms with Crippen LogP contribution in [0.3, 0.4) is 0 Å². The number of benzene rings is 1. The monoisotopic (exact) mass is 359 g/mol. The highest BCUT2D eigenvalue weighted by Crippen LogP contribution is 2.22. The summed E-state index contributed by atoms with van der Waals surface area (Å²) >= 11 is 0. The smallest absolute Gasteiger partial charge is 0.140 e. The molecular formula is C18H22FN5O2. The Labute approximate surface area is 150 Å². The first-order chi connectivity index (χ1) is 12.6. The minimum absolute atomic E-state index is 0.253. The fraction of sp³-hybridized carbons (Fsp3) is 0.444. The third-order valence-corrected chi connectivity index (χ3v) is 4.61. The third-order valence-electron chi connectivity index (χ3n) is 4.61. The van der Waals surface area contributed by atoms with Crippen molar-refractivity contribution >= 4 is 11.0 Å². The third kappa shape index (κ3) is 3.56. The van der Waals surface area contributed by atoms with E-state index in [0.717, 1.165) is 22.3 Å². The minimum atomic E-state index is -1.00. The van der Waals surface area contributed by atoms with Gasteiger partial charge >= 0.3 is 0 Å². The van der Waals surface area contributed by atoms with Crippen LogP contribution in [0.2, 0.25) is 0 Å². The van der Waals surface area contributed by atoms with Gasteiger partial charge in [0.2, 0.25) is 0 Å². The fourth-order valence-electron chi connectivity index (χ4n) is 3.33. The number of alkyl halides is 1. The number of halogens is 1. The molecule has 7 nitrogen and oxygen atoms in total. The molecule has 1 N–H and O–H groups in total. The van der Waals surface area contributed by atoms with Gasteiger partial charge in [-0.2, -0.15) is 5.10 Å². The standard InChI is InChI=1S/C18H22FN5O2/c1-23-7-12(6-20-23)8-24-9-14(19)17(10-24)26-11-18-21-15-4-3-13(25-2)5-16(15)22-18/h3-7,14,17H,8-11H2,1-2H3,(H,21,22)/t14-,17+/m1/s1. The van der Waals surface area contributed by atoms with Crippen molar-refractivity contribution in [1.82, 2.24) is 24.6 Å². The van der Waals surface area contributed by atoms with Crippen LogP contribution in [0.15, 0.2) is 30.6 Å². The Kier molecular flexibility index (Phi) is 4.60. The Morgan fingerprint density at radius 2 is 2.23 bits per heavy atom. The molecule has 0 amide bonds. The average molecular weight is 359 g/mol. The van der Waals surface area contributed by atoms with E-state index >= 15 is 0 Å². The number of H-pyrrole nitrogens is 1. The number of methoxy groups -OCH3 is 1. The molecule has 1 fully saturated rings. The van der Waals surface area contributed by atoms with E-state index in [2.05, 4.69) is 20.0 Å². The summed E-state index contributed by atoms with van der Waals surface area (Å²) < 4.78 is 27.1. The number of nitrogens with one attached hydrogen (secondary N) is 1. The topological polar surface area (TPSA) is 68.2 Å². The molecule has 4 rings (SSSR count). The zero-order valence-corrected chi connectivity index (χ0v) is 14.9. The summed E-state index contributed by atoms with van der Waals surface area (Å²) in [5.74, 6) is 1.45. The van der Waals surface area contributed by atoms with Crippen molar-refractivity contribution < 1.29 is 13.9 Å². The molecule has 1 saturated heterocycles. The van der Waals surface area contributed by atoms with Crippen LogP contribution in [0.1, 0.15) is 11.4 Å². The second-order valence-corrected chi connectivity index (χ2v) is 6.65. The van der Waals surface area contributed by atoms with Gasteiger partial charge in [0.25, 0.3) is 0 Å². The van der Waals surface area contributed by atoms with E-state index in [9.17, 15) is 4.39 Å². The zero-order valence-electron chi connectivity index (χ0n) is 14.9. The van der Waals surface area contributed by atoms with Gasteiger partial charge in [0, 0.05) is 44.5 Å². The van der Waals surface area contributed by atoms with E-state index in [1.165, 1.54) is 0 Å². The summed E-state index contributed by atoms with van der Waals surface area (Å²) in [5.41, 5.74) is 2.79. The molecular weight excluding hydrogens is 337 g/mol. The van der Waals surface area contributed by atoms with Crippen molar-refractivity contribution in [1.29, 1.82) is 0 Å². The normalized spacial score (nSPS) is 20.9. The molecule has 138 valence electrons. The summed E-state index contributed by atoms with van der Waals surface area (Å²) in [6, 6.07) is 5.63. The summed E-state index contributed by atoms with van der Waals surface area (Å²) in [4.78, 5) is 9.73. The lowest BCUT2D eigenvalue weighted by molar-refractivity contribution is 0.00863. The molecule has 0 spiro atoms. The lowest BCUT2D eigenvalue weighted by atomic mass is 10.3. The molecule has 0 bridgehead atoms. The Hall–Kier alpha value is -2.45. The SMILES string of the molecule is COc1ccc2nc(CO[C@H]3CN(Cc4cnn(C)c4)C[C@H]3F)[nH]c2c1. The molecule has 8 heteroatoms. The van der Waals surface area contributed by atoms with Gasteiger partial charge in [-0.1, -0.05) is 0 Å². The number of aryl methyl sites for hydroxylation is 1. The maximum atomic E-state index is 14.3. The summed E-state index contributed by atoms with van der Waals surface area (Å²) in [5, 5.41) is 4.15. The number of aromatic nitrogens is 4. The van der Waals surface area contributed by atoms with Crippen LogP contribution in [-0.4, -0.2) is 57.1 Å². The fourth-order valence-corrected chi connectivity index (χ4v) is 3.33. The van der Waals surface area contributed by atoms with Crippen LogP contribution in [0.4, 0.5) is 4.39 Å². The van der Waals surface area contributed by atoms with E-state index in [0.29, 0.717) is 25.5 Å². The lowest BCUT2D eigenvalue weighted by Gasteiger charge is -2.14. The quantitative estimate of drug-likeness (QED) is 0.730. The molecule has 0 saturated carbocycles. The van der Waals surface area contributed by atoms with Gasteiger partial charge in [0.05, 0.1) is 24.3 Å². The second kappa shape index (κ2) is 7.05. The Morgan fingerprint density at radius 1 is 1.35 bits per heavy atom. The number of ether oxygens (including phenoxy) is 2. The van der Waals surface area contributed by atoms with Crippen LogP contribution in [-0.2, 0) is 24.9 Å². The van der Waals surface area contributed by atoms with E-state index < -0.39 is 12.3 Å². The number of likely N-dealkylation sites (tertiary alicyclic amines) is 1. The molecule has 0 radical (unpaired) electrons. The molecule has 3 heterocycles. The van der Waals surface area contributed by atoms with Crippen molar-refractivity contribution in [3.8, 4) is 5.75 Å². The average Bonchev–Trinajstić information content (AvgIpc) is 3.31. The predicted molar refractivity (Wildman–Crippen MR) is 94.6 cm³/mol. The van der Waals surface area contributed by atoms with Crippen molar-refractivity contribution in [2.45, 2.75) is 25.4 Å². The van der Waals surface area contributed by atoms with Crippen LogP contribution in [0.5, 0.6) is 5.75 Å². The predicted octanol–water partition coefficient (Wildman–Crippen LogP) is 2.04. The number of imidazole rings is 1. The molecule has 3 aromatic rings. The van der Waals surface area contributed by atoms with Crippen molar-refractivity contribution in [3.63, 3.8) is 0 Å². The maximum absolute atomic E-state index is 14.3. The van der Waals surface area contributed by atoms with Gasteiger partial charge < -0.3 is 14.5 Å². The number of rotatable bonds is 6. The summed E-state index contributed by atoms with van der Waals surface area (Å²) in [6.45, 7) is 1.86. The number of hydrogen-bond donors (Lipinski definition) is 1. The first-order valence-electron chi connectivity index (χ1n) is 8.59. The Bertz CT molecular complexity index is 893. The number of hydrogen-bond acceptors (Lipinski definition) is 5. The van der Waals surface area contributed by atoms with Crippen molar-refractivity contribution in [3.05, 3.63) is 42.0 Å². The van der Waals surface area contributed by atoms with Gasteiger partial charge in [0.15, 0.2) is 0 Å². The highest BCUT2D eigenvalue weighted by atomic mass is 19.1. The lowest BCUT2D eigenvalue weighted by Crippen LogP contribution is -2.24. The largest absolute Gasteiger partial charge is 0.497 e. The first kappa shape index (κ1) is 17.0. The van der Waals surface area contributed by atoms with Crippen molar-refractivity contribution in [2.75, 3.05) is 20.2 Å². The van der Waals surface area contributed by atoms with Gasteiger partial charge in [0.1, 0.15) is 30.5 Å². The Morgan fingerprint density at radius 3 is 3.00 bits per heavy atom. The van der Waals surface area contributed by atoms with Crippen molar-refractivity contribution in [2.24, 2.45) is 7.05 Å². The van der Waals surface area contributed by atoms with Gasteiger partial charge in [-0.05, 0) is 12.1 Å². The molecule has 0 aliphatic carbocycles. The molecule has 1 aliphatic heterocycles. The van der Waals surface area contributed by atoms with Gasteiger partial charge in [-0.15, -0.1) is 0 Å². The van der Waals surface area contributed by atoms with Crippen LogP contribution in [0.25, 0.3) is 11.0 Å². The number of aromatic amines is 1. The second-order valence-electron chi connectivity index (χ2n) is 6.65. The molecule has 2 atom stereocenters. The van der Waals surface area contributed by atoms with Crippen LogP contribution < -0.4 is 4.74 Å². The van der Waals surface area contributed by atoms with E-state index in [1.54, 1.807) is 11.8 Å². The highest BCUT2D eigenvalue weighted by Gasteiger charge is 2.33. The number of nitrogens with zero attached hydrogens (tertiary/aromatic N) is 4. The van der Waals surface area contributed by atoms with E-state index in [1.807, 2.05) is 37.6 Å².